The van der Waals surface area contributed by atoms with Crippen LogP contribution in [0.4, 0.5) is 11.4 Å². The lowest BCUT2D eigenvalue weighted by molar-refractivity contribution is 0.451. The van der Waals surface area contributed by atoms with Gasteiger partial charge in [0, 0.05) is 38.9 Å². The number of hydrogen-bond donors (Lipinski definition) is 0. The van der Waals surface area contributed by atoms with Crippen molar-refractivity contribution in [2.45, 2.75) is 32.1 Å². The molecule has 7 aromatic carbocycles. The Labute approximate surface area is 293 Å². The zero-order chi connectivity index (χ0) is 33.0. The highest BCUT2D eigenvalue weighted by Crippen LogP contribution is 2.45. The van der Waals surface area contributed by atoms with Crippen LogP contribution in [0.2, 0.25) is 0 Å². The number of nitrogens with zero attached hydrogens (tertiary/aromatic N) is 2. The third-order valence-corrected chi connectivity index (χ3v) is 11.1. The highest BCUT2D eigenvalue weighted by Gasteiger charge is 2.25. The quantitative estimate of drug-likeness (QED) is 0.181. The Morgan fingerprint density at radius 3 is 2.24 bits per heavy atom. The molecule has 0 bridgehead atoms. The topological polar surface area (TPSA) is 8.17 Å². The van der Waals surface area contributed by atoms with Crippen molar-refractivity contribution in [1.82, 2.24) is 4.57 Å². The molecule has 240 valence electrons. The van der Waals surface area contributed by atoms with E-state index in [1.807, 2.05) is 0 Å². The number of aromatic nitrogens is 1. The summed E-state index contributed by atoms with van der Waals surface area (Å²) in [6.07, 6.45) is 11.3. The molecule has 0 spiro atoms. The first-order valence-corrected chi connectivity index (χ1v) is 18.1. The zero-order valence-corrected chi connectivity index (χ0v) is 28.1. The number of para-hydroxylation sites is 2. The van der Waals surface area contributed by atoms with Crippen molar-refractivity contribution in [2.24, 2.45) is 5.92 Å². The Morgan fingerprint density at radius 1 is 0.580 bits per heavy atom. The van der Waals surface area contributed by atoms with Crippen molar-refractivity contribution < 1.29 is 0 Å². The van der Waals surface area contributed by atoms with Crippen LogP contribution in [0.5, 0.6) is 0 Å². The maximum Gasteiger partial charge on any atom is 0.0625 e. The maximum atomic E-state index is 2.51. The number of rotatable bonds is 5. The van der Waals surface area contributed by atoms with E-state index in [0.29, 0.717) is 5.92 Å². The van der Waals surface area contributed by atoms with Gasteiger partial charge in [-0.05, 0) is 113 Å². The third-order valence-electron chi connectivity index (χ3n) is 11.1. The Kier molecular flexibility index (Phi) is 6.94. The number of anilines is 2. The molecule has 10 rings (SSSR count). The summed E-state index contributed by atoms with van der Waals surface area (Å²) in [7, 11) is 0. The molecule has 0 N–H and O–H groups in total. The van der Waals surface area contributed by atoms with Crippen LogP contribution in [0.3, 0.4) is 0 Å². The molecule has 1 fully saturated rings. The van der Waals surface area contributed by atoms with Gasteiger partial charge in [-0.15, -0.1) is 0 Å². The van der Waals surface area contributed by atoms with Crippen molar-refractivity contribution in [3.8, 4) is 16.8 Å². The molecule has 0 amide bonds. The molecule has 0 aliphatic heterocycles. The van der Waals surface area contributed by atoms with Crippen LogP contribution in [0.25, 0.3) is 60.2 Å². The van der Waals surface area contributed by atoms with E-state index in [4.69, 9.17) is 0 Å². The predicted molar refractivity (Wildman–Crippen MR) is 213 cm³/mol. The van der Waals surface area contributed by atoms with Crippen LogP contribution in [-0.2, 0) is 0 Å². The standard InChI is InChI=1S/C48H38N2/c1-2-19-39(20-3-1)50-46-24-11-10-23-44(46)47-45(32-38-17-8-9-22-43(38)48(47)50)37-18-12-21-40(31-37)49(41-27-25-33-13-4-6-15-35(33)29-41)42-28-26-34-14-5-7-16-36(34)30-42/h1-4,6,8-13,15,17-25,27-32,34H,5,7,14,16,26H2. The number of allylic oxidation sites excluding steroid dienone is 3. The van der Waals surface area contributed by atoms with Crippen molar-refractivity contribution in [1.29, 1.82) is 0 Å². The van der Waals surface area contributed by atoms with Gasteiger partial charge in [0.2, 0.25) is 0 Å². The Morgan fingerprint density at radius 2 is 1.34 bits per heavy atom. The molecule has 2 aliphatic rings. The molecular formula is C48H38N2. The van der Waals surface area contributed by atoms with Crippen LogP contribution in [-0.4, -0.2) is 4.57 Å². The highest BCUT2D eigenvalue weighted by molar-refractivity contribution is 6.24. The van der Waals surface area contributed by atoms with E-state index in [2.05, 4.69) is 173 Å². The normalized spacial score (nSPS) is 16.0. The molecule has 1 aromatic heterocycles. The van der Waals surface area contributed by atoms with Crippen LogP contribution in [0, 0.1) is 5.92 Å². The van der Waals surface area contributed by atoms with Gasteiger partial charge in [0.1, 0.15) is 0 Å². The molecule has 50 heavy (non-hydrogen) atoms. The smallest absolute Gasteiger partial charge is 0.0625 e. The van der Waals surface area contributed by atoms with E-state index in [9.17, 15) is 0 Å². The summed E-state index contributed by atoms with van der Waals surface area (Å²) in [5.74, 6) is 0.699. The molecule has 1 atom stereocenters. The van der Waals surface area contributed by atoms with Crippen LogP contribution in [0.1, 0.15) is 32.1 Å². The molecule has 1 saturated carbocycles. The van der Waals surface area contributed by atoms with Gasteiger partial charge in [0.25, 0.3) is 0 Å². The second-order valence-corrected chi connectivity index (χ2v) is 14.0. The molecule has 2 heteroatoms. The second kappa shape index (κ2) is 11.9. The van der Waals surface area contributed by atoms with Crippen LogP contribution in [0.15, 0.2) is 175 Å². The molecule has 1 heterocycles. The minimum atomic E-state index is 0.699. The van der Waals surface area contributed by atoms with Crippen LogP contribution >= 0.6 is 0 Å². The summed E-state index contributed by atoms with van der Waals surface area (Å²) >= 11 is 0. The molecule has 0 saturated heterocycles. The SMILES string of the molecule is C1=C2CCCCC2CC=C1N(c1cccc(-c2cc3ccccc3c3c2c2ccccc2n3-c2ccccc2)c1)c1ccc2ccccc2c1. The van der Waals surface area contributed by atoms with E-state index in [-0.39, 0.29) is 0 Å². The van der Waals surface area contributed by atoms with E-state index < -0.39 is 0 Å². The van der Waals surface area contributed by atoms with Gasteiger partial charge in [0.05, 0.1) is 11.0 Å². The highest BCUT2D eigenvalue weighted by atomic mass is 15.1. The number of hydrogen-bond acceptors (Lipinski definition) is 1. The van der Waals surface area contributed by atoms with Crippen molar-refractivity contribution in [2.75, 3.05) is 4.90 Å². The van der Waals surface area contributed by atoms with Crippen molar-refractivity contribution in [3.05, 3.63) is 175 Å². The van der Waals surface area contributed by atoms with Crippen LogP contribution < -0.4 is 4.90 Å². The lowest BCUT2D eigenvalue weighted by Gasteiger charge is -2.33. The second-order valence-electron chi connectivity index (χ2n) is 14.0. The Hall–Kier alpha value is -5.86. The minimum absolute atomic E-state index is 0.699. The van der Waals surface area contributed by atoms with Gasteiger partial charge in [-0.2, -0.15) is 0 Å². The lowest BCUT2D eigenvalue weighted by Crippen LogP contribution is -2.21. The number of fused-ring (bicyclic) bond motifs is 7. The van der Waals surface area contributed by atoms with Crippen molar-refractivity contribution in [3.63, 3.8) is 0 Å². The van der Waals surface area contributed by atoms with Gasteiger partial charge in [-0.3, -0.25) is 0 Å². The van der Waals surface area contributed by atoms with Gasteiger partial charge < -0.3 is 9.47 Å². The molecule has 1 unspecified atom stereocenters. The van der Waals surface area contributed by atoms with Gasteiger partial charge in [0.15, 0.2) is 0 Å². The molecular weight excluding hydrogens is 605 g/mol. The zero-order valence-electron chi connectivity index (χ0n) is 28.1. The monoisotopic (exact) mass is 642 g/mol. The summed E-state index contributed by atoms with van der Waals surface area (Å²) < 4.78 is 2.46. The largest absolute Gasteiger partial charge is 0.311 e. The summed E-state index contributed by atoms with van der Waals surface area (Å²) in [6.45, 7) is 0. The Bertz CT molecular complexity index is 2640. The average molecular weight is 643 g/mol. The molecule has 8 aromatic rings. The van der Waals surface area contributed by atoms with E-state index in [1.165, 1.54) is 103 Å². The maximum absolute atomic E-state index is 2.51. The van der Waals surface area contributed by atoms with E-state index in [1.54, 1.807) is 5.57 Å². The van der Waals surface area contributed by atoms with Gasteiger partial charge in [-0.1, -0.05) is 121 Å². The van der Waals surface area contributed by atoms with E-state index >= 15 is 0 Å². The minimum Gasteiger partial charge on any atom is -0.311 e. The number of benzene rings is 7. The van der Waals surface area contributed by atoms with E-state index in [0.717, 1.165) is 6.42 Å². The lowest BCUT2D eigenvalue weighted by atomic mass is 9.79. The average Bonchev–Trinajstić information content (AvgIpc) is 3.54. The fourth-order valence-corrected chi connectivity index (χ4v) is 8.72. The summed E-state index contributed by atoms with van der Waals surface area (Å²) in [5.41, 5.74) is 11.4. The first-order chi connectivity index (χ1) is 24.8. The fraction of sp³-hybridized carbons (Fsp3) is 0.125. The summed E-state index contributed by atoms with van der Waals surface area (Å²) in [6, 6.07) is 55.8. The molecule has 0 radical (unpaired) electrons. The summed E-state index contributed by atoms with van der Waals surface area (Å²) in [5, 5.41) is 7.60. The summed E-state index contributed by atoms with van der Waals surface area (Å²) in [4.78, 5) is 2.50. The third kappa shape index (κ3) is 4.78. The molecule has 2 aliphatic carbocycles. The van der Waals surface area contributed by atoms with Gasteiger partial charge in [-0.25, -0.2) is 0 Å². The fourth-order valence-electron chi connectivity index (χ4n) is 8.72. The predicted octanol–water partition coefficient (Wildman–Crippen LogP) is 13.3. The van der Waals surface area contributed by atoms with Crippen molar-refractivity contribution >= 4 is 54.7 Å². The molecule has 2 nitrogen and oxygen atoms in total. The Balaban J connectivity index is 1.22. The first-order valence-electron chi connectivity index (χ1n) is 18.1. The van der Waals surface area contributed by atoms with Gasteiger partial charge >= 0.3 is 0 Å². The first kappa shape index (κ1) is 29.1.